The van der Waals surface area contributed by atoms with Crippen molar-refractivity contribution in [3.63, 3.8) is 0 Å². The summed E-state index contributed by atoms with van der Waals surface area (Å²) in [7, 11) is 1.56. The fourth-order valence-corrected chi connectivity index (χ4v) is 2.59. The van der Waals surface area contributed by atoms with Gasteiger partial charge in [-0.15, -0.1) is 0 Å². The number of benzene rings is 2. The first-order valence-electron chi connectivity index (χ1n) is 8.14. The first-order chi connectivity index (χ1) is 11.9. The minimum atomic E-state index is -0.258. The molecule has 5 nitrogen and oxygen atoms in total. The Labute approximate surface area is 148 Å². The zero-order chi connectivity index (χ0) is 18.4. The molecular weight excluding hydrogens is 316 g/mol. The van der Waals surface area contributed by atoms with Crippen LogP contribution < -0.4 is 10.1 Å². The molecule has 0 bridgehead atoms. The minimum absolute atomic E-state index is 0.0135. The number of anilines is 1. The average molecular weight is 340 g/mol. The van der Waals surface area contributed by atoms with E-state index in [0.29, 0.717) is 18.0 Å². The van der Waals surface area contributed by atoms with Gasteiger partial charge in [0.2, 0.25) is 11.8 Å². The van der Waals surface area contributed by atoms with Gasteiger partial charge in [-0.05, 0) is 37.1 Å². The van der Waals surface area contributed by atoms with Crippen LogP contribution in [0.25, 0.3) is 0 Å². The number of rotatable bonds is 6. The van der Waals surface area contributed by atoms with Crippen molar-refractivity contribution in [2.75, 3.05) is 19.0 Å². The predicted octanol–water partition coefficient (Wildman–Crippen LogP) is 3.30. The number of aryl methyl sites for hydroxylation is 2. The number of carbonyl (C=O) groups excluding carboxylic acids is 2. The number of carbonyl (C=O) groups is 2. The van der Waals surface area contributed by atoms with Crippen molar-refractivity contribution in [1.29, 1.82) is 0 Å². The van der Waals surface area contributed by atoms with Crippen LogP contribution in [0.4, 0.5) is 5.69 Å². The second kappa shape index (κ2) is 8.33. The highest BCUT2D eigenvalue weighted by molar-refractivity contribution is 5.95. The van der Waals surface area contributed by atoms with E-state index in [1.807, 2.05) is 50.2 Å². The molecule has 2 rings (SSSR count). The maximum absolute atomic E-state index is 12.4. The molecule has 2 aromatic rings. The van der Waals surface area contributed by atoms with Gasteiger partial charge in [0.25, 0.3) is 0 Å². The second-order valence-corrected chi connectivity index (χ2v) is 6.12. The highest BCUT2D eigenvalue weighted by Gasteiger charge is 2.16. The highest BCUT2D eigenvalue weighted by atomic mass is 16.5. The third-order valence-corrected chi connectivity index (χ3v) is 3.86. The first-order valence-corrected chi connectivity index (χ1v) is 8.14. The Kier molecular flexibility index (Phi) is 6.17. The van der Waals surface area contributed by atoms with E-state index >= 15 is 0 Å². The molecule has 0 saturated carbocycles. The van der Waals surface area contributed by atoms with Crippen LogP contribution in [0.15, 0.2) is 42.5 Å². The fourth-order valence-electron chi connectivity index (χ4n) is 2.59. The minimum Gasteiger partial charge on any atom is -0.495 e. The molecule has 0 unspecified atom stereocenters. The molecule has 0 aromatic heterocycles. The normalized spacial score (nSPS) is 10.2. The fraction of sp³-hybridized carbons (Fsp3) is 0.300. The number of nitrogens with zero attached hydrogens (tertiary/aromatic N) is 1. The maximum Gasteiger partial charge on any atom is 0.244 e. The molecule has 0 heterocycles. The molecule has 0 spiro atoms. The number of hydrogen-bond donors (Lipinski definition) is 1. The van der Waals surface area contributed by atoms with Gasteiger partial charge in [0.1, 0.15) is 12.3 Å². The standard InChI is InChI=1S/C20H24N2O3/c1-14-6-5-7-17(10-14)12-22(16(3)23)13-20(24)21-18-11-15(2)8-9-19(18)25-4/h5-11H,12-13H2,1-4H3,(H,21,24). The SMILES string of the molecule is COc1ccc(C)cc1NC(=O)CN(Cc1cccc(C)c1)C(C)=O. The molecule has 2 aromatic carbocycles. The maximum atomic E-state index is 12.4. The van der Waals surface area contributed by atoms with Crippen LogP contribution in [0, 0.1) is 13.8 Å². The lowest BCUT2D eigenvalue weighted by Crippen LogP contribution is -2.36. The van der Waals surface area contributed by atoms with Crippen molar-refractivity contribution in [3.8, 4) is 5.75 Å². The Bertz CT molecular complexity index is 771. The molecule has 0 fully saturated rings. The van der Waals surface area contributed by atoms with Gasteiger partial charge in [-0.3, -0.25) is 9.59 Å². The first kappa shape index (κ1) is 18.5. The van der Waals surface area contributed by atoms with E-state index in [4.69, 9.17) is 4.74 Å². The van der Waals surface area contributed by atoms with Crippen LogP contribution in [-0.2, 0) is 16.1 Å². The molecule has 2 amide bonds. The summed E-state index contributed by atoms with van der Waals surface area (Å²) in [6, 6.07) is 13.5. The molecule has 25 heavy (non-hydrogen) atoms. The van der Waals surface area contributed by atoms with Crippen LogP contribution in [0.3, 0.4) is 0 Å². The monoisotopic (exact) mass is 340 g/mol. The van der Waals surface area contributed by atoms with E-state index in [9.17, 15) is 9.59 Å². The number of hydrogen-bond acceptors (Lipinski definition) is 3. The Morgan fingerprint density at radius 3 is 2.44 bits per heavy atom. The molecular formula is C20H24N2O3. The Morgan fingerprint density at radius 1 is 1.08 bits per heavy atom. The molecule has 0 atom stereocenters. The van der Waals surface area contributed by atoms with Gasteiger partial charge in [-0.1, -0.05) is 35.9 Å². The van der Waals surface area contributed by atoms with Crippen LogP contribution in [0.1, 0.15) is 23.6 Å². The topological polar surface area (TPSA) is 58.6 Å². The summed E-state index contributed by atoms with van der Waals surface area (Å²) in [5.41, 5.74) is 3.73. The van der Waals surface area contributed by atoms with E-state index in [2.05, 4.69) is 5.32 Å². The van der Waals surface area contributed by atoms with Crippen LogP contribution >= 0.6 is 0 Å². The second-order valence-electron chi connectivity index (χ2n) is 6.12. The molecule has 5 heteroatoms. The summed E-state index contributed by atoms with van der Waals surface area (Å²) in [6.45, 7) is 5.79. The third-order valence-electron chi connectivity index (χ3n) is 3.86. The van der Waals surface area contributed by atoms with Gasteiger partial charge < -0.3 is 15.0 Å². The van der Waals surface area contributed by atoms with Crippen LogP contribution in [0.2, 0.25) is 0 Å². The van der Waals surface area contributed by atoms with Crippen LogP contribution in [-0.4, -0.2) is 30.4 Å². The highest BCUT2D eigenvalue weighted by Crippen LogP contribution is 2.25. The van der Waals surface area contributed by atoms with Crippen molar-refractivity contribution < 1.29 is 14.3 Å². The molecule has 0 aliphatic heterocycles. The summed E-state index contributed by atoms with van der Waals surface area (Å²) in [5, 5.41) is 2.83. The lowest BCUT2D eigenvalue weighted by atomic mass is 10.1. The molecule has 0 saturated heterocycles. The van der Waals surface area contributed by atoms with Gasteiger partial charge in [-0.2, -0.15) is 0 Å². The summed E-state index contributed by atoms with van der Waals surface area (Å²) in [4.78, 5) is 25.8. The number of ether oxygens (including phenoxy) is 1. The lowest BCUT2D eigenvalue weighted by Gasteiger charge is -2.21. The predicted molar refractivity (Wildman–Crippen MR) is 98.6 cm³/mol. The zero-order valence-corrected chi connectivity index (χ0v) is 15.1. The number of methoxy groups -OCH3 is 1. The van der Waals surface area contributed by atoms with Crippen molar-refractivity contribution in [2.24, 2.45) is 0 Å². The number of amides is 2. The quantitative estimate of drug-likeness (QED) is 0.878. The summed E-state index contributed by atoms with van der Waals surface area (Å²) in [6.07, 6.45) is 0. The van der Waals surface area contributed by atoms with Crippen molar-refractivity contribution >= 4 is 17.5 Å². The Morgan fingerprint density at radius 2 is 1.80 bits per heavy atom. The van der Waals surface area contributed by atoms with Gasteiger partial charge in [0, 0.05) is 13.5 Å². The van der Waals surface area contributed by atoms with Crippen LogP contribution in [0.5, 0.6) is 5.75 Å². The van der Waals surface area contributed by atoms with E-state index in [1.165, 1.54) is 11.8 Å². The summed E-state index contributed by atoms with van der Waals surface area (Å²) in [5.74, 6) is 0.187. The number of nitrogens with one attached hydrogen (secondary N) is 1. The van der Waals surface area contributed by atoms with E-state index in [-0.39, 0.29) is 18.4 Å². The molecule has 0 aliphatic carbocycles. The largest absolute Gasteiger partial charge is 0.495 e. The average Bonchev–Trinajstić information content (AvgIpc) is 2.54. The van der Waals surface area contributed by atoms with E-state index < -0.39 is 0 Å². The van der Waals surface area contributed by atoms with Crippen molar-refractivity contribution in [2.45, 2.75) is 27.3 Å². The van der Waals surface area contributed by atoms with Gasteiger partial charge in [0.15, 0.2) is 0 Å². The zero-order valence-electron chi connectivity index (χ0n) is 15.1. The van der Waals surface area contributed by atoms with Gasteiger partial charge in [-0.25, -0.2) is 0 Å². The molecule has 0 radical (unpaired) electrons. The third kappa shape index (κ3) is 5.35. The molecule has 132 valence electrons. The van der Waals surface area contributed by atoms with Crippen molar-refractivity contribution in [1.82, 2.24) is 4.90 Å². The molecule has 1 N–H and O–H groups in total. The van der Waals surface area contributed by atoms with E-state index in [1.54, 1.807) is 13.2 Å². The van der Waals surface area contributed by atoms with Gasteiger partial charge in [0.05, 0.1) is 12.8 Å². The van der Waals surface area contributed by atoms with E-state index in [0.717, 1.165) is 16.7 Å². The summed E-state index contributed by atoms with van der Waals surface area (Å²) >= 11 is 0. The smallest absolute Gasteiger partial charge is 0.244 e. The Hall–Kier alpha value is -2.82. The van der Waals surface area contributed by atoms with Crippen molar-refractivity contribution in [3.05, 3.63) is 59.2 Å². The lowest BCUT2D eigenvalue weighted by molar-refractivity contribution is -0.133. The summed E-state index contributed by atoms with van der Waals surface area (Å²) < 4.78 is 5.27. The Balaban J connectivity index is 2.08. The van der Waals surface area contributed by atoms with Gasteiger partial charge >= 0.3 is 0 Å². The molecule has 0 aliphatic rings.